The summed E-state index contributed by atoms with van der Waals surface area (Å²) in [7, 11) is 5.76. The molecule has 6 unspecified atom stereocenters. The van der Waals surface area contributed by atoms with Crippen molar-refractivity contribution in [3.8, 4) is 0 Å². The largest absolute Gasteiger partial charge is 0.393 e. The first kappa shape index (κ1) is 10.1. The second-order valence-corrected chi connectivity index (χ2v) is 5.08. The summed E-state index contributed by atoms with van der Waals surface area (Å²) in [5.74, 6) is -1.34. The molecule has 0 spiro atoms. The predicted octanol–water partition coefficient (Wildman–Crippen LogP) is -0.768. The van der Waals surface area contributed by atoms with E-state index >= 15 is 0 Å². The predicted molar refractivity (Wildman–Crippen MR) is 52.1 cm³/mol. The van der Waals surface area contributed by atoms with Crippen LogP contribution >= 0.6 is 0 Å². The van der Waals surface area contributed by atoms with E-state index in [4.69, 9.17) is 17.3 Å². The molecule has 0 bridgehead atoms. The maximum absolute atomic E-state index is 10.3. The SMILES string of the molecule is [B]C1O[C@@]2(CO)C(C)C(C)C3(O)OC1C32. The van der Waals surface area contributed by atoms with Gasteiger partial charge < -0.3 is 19.7 Å². The molecule has 5 heteroatoms. The minimum Gasteiger partial charge on any atom is -0.393 e. The number of aliphatic hydroxyl groups is 2. The number of aliphatic hydroxyl groups excluding tert-OH is 1. The van der Waals surface area contributed by atoms with E-state index in [1.807, 2.05) is 13.8 Å². The van der Waals surface area contributed by atoms with Crippen molar-refractivity contribution < 1.29 is 19.7 Å². The number of hydrogen-bond acceptors (Lipinski definition) is 4. The molecule has 1 aliphatic carbocycles. The molecule has 0 aromatic rings. The van der Waals surface area contributed by atoms with Crippen molar-refractivity contribution in [2.45, 2.75) is 37.3 Å². The molecule has 3 aliphatic rings. The van der Waals surface area contributed by atoms with Crippen LogP contribution in [0.15, 0.2) is 0 Å². The first-order valence-corrected chi connectivity index (χ1v) is 5.42. The second-order valence-electron chi connectivity index (χ2n) is 5.08. The quantitative estimate of drug-likeness (QED) is 0.558. The molecule has 2 radical (unpaired) electrons. The molecule has 4 nitrogen and oxygen atoms in total. The Labute approximate surface area is 90.0 Å². The number of hydrogen-bond donors (Lipinski definition) is 2. The Morgan fingerprint density at radius 1 is 1.27 bits per heavy atom. The van der Waals surface area contributed by atoms with Crippen molar-refractivity contribution in [2.24, 2.45) is 17.8 Å². The molecule has 1 saturated carbocycles. The van der Waals surface area contributed by atoms with Crippen molar-refractivity contribution in [1.82, 2.24) is 0 Å². The Hall–Kier alpha value is -0.0951. The molecule has 2 saturated heterocycles. The molecule has 3 fully saturated rings. The van der Waals surface area contributed by atoms with E-state index in [2.05, 4.69) is 0 Å². The van der Waals surface area contributed by atoms with E-state index in [0.29, 0.717) is 0 Å². The van der Waals surface area contributed by atoms with Gasteiger partial charge in [-0.25, -0.2) is 0 Å². The lowest BCUT2D eigenvalue weighted by molar-refractivity contribution is -0.365. The monoisotopic (exact) mass is 210 g/mol. The third kappa shape index (κ3) is 0.824. The van der Waals surface area contributed by atoms with Crippen LogP contribution in [0.1, 0.15) is 13.8 Å². The lowest BCUT2D eigenvalue weighted by Crippen LogP contribution is -2.63. The number of ether oxygens (including phenoxy) is 2. The van der Waals surface area contributed by atoms with Gasteiger partial charge in [0, 0.05) is 11.9 Å². The fraction of sp³-hybridized carbons (Fsp3) is 1.00. The summed E-state index contributed by atoms with van der Waals surface area (Å²) in [6, 6.07) is -0.530. The summed E-state index contributed by atoms with van der Waals surface area (Å²) in [6.07, 6.45) is -0.269. The molecule has 2 aliphatic heterocycles. The van der Waals surface area contributed by atoms with Gasteiger partial charge in [0.05, 0.1) is 18.6 Å². The molecule has 3 rings (SSSR count). The standard InChI is InChI=1S/C10H15BO4/c1-4-5(2)10(13)7-6(14-10)8(11)15-9(4,7)3-12/h4-8,12-13H,3H2,1-2H3/t4?,5?,6?,7?,8?,9-,10?/m0/s1. The van der Waals surface area contributed by atoms with E-state index in [1.165, 1.54) is 0 Å². The summed E-state index contributed by atoms with van der Waals surface area (Å²) in [6.45, 7) is 3.78. The lowest BCUT2D eigenvalue weighted by Gasteiger charge is -2.49. The van der Waals surface area contributed by atoms with Crippen LogP contribution in [0.4, 0.5) is 0 Å². The minimum absolute atomic E-state index is 0.0380. The van der Waals surface area contributed by atoms with Gasteiger partial charge in [0.2, 0.25) is 0 Å². The summed E-state index contributed by atoms with van der Waals surface area (Å²) < 4.78 is 11.1. The van der Waals surface area contributed by atoms with Crippen LogP contribution in [0, 0.1) is 17.8 Å². The van der Waals surface area contributed by atoms with Crippen molar-refractivity contribution in [3.05, 3.63) is 0 Å². The van der Waals surface area contributed by atoms with Gasteiger partial charge in [0.25, 0.3) is 0 Å². The van der Waals surface area contributed by atoms with Crippen molar-refractivity contribution in [3.63, 3.8) is 0 Å². The topological polar surface area (TPSA) is 58.9 Å². The van der Waals surface area contributed by atoms with Crippen LogP contribution in [-0.4, -0.2) is 48.2 Å². The molecule has 0 amide bonds. The normalized spacial score (nSPS) is 66.5. The smallest absolute Gasteiger partial charge is 0.177 e. The van der Waals surface area contributed by atoms with E-state index in [0.717, 1.165) is 0 Å². The van der Waals surface area contributed by atoms with Crippen LogP contribution in [-0.2, 0) is 9.47 Å². The minimum atomic E-state index is -1.15. The molecule has 15 heavy (non-hydrogen) atoms. The Bertz CT molecular complexity index is 312. The van der Waals surface area contributed by atoms with E-state index in [9.17, 15) is 10.2 Å². The third-order valence-electron chi connectivity index (χ3n) is 4.73. The van der Waals surface area contributed by atoms with Crippen LogP contribution in [0.5, 0.6) is 0 Å². The Morgan fingerprint density at radius 3 is 2.47 bits per heavy atom. The molecule has 0 aromatic carbocycles. The van der Waals surface area contributed by atoms with Gasteiger partial charge in [0.1, 0.15) is 13.4 Å². The fourth-order valence-corrected chi connectivity index (χ4v) is 3.64. The highest BCUT2D eigenvalue weighted by molar-refractivity contribution is 6.11. The third-order valence-corrected chi connectivity index (χ3v) is 4.73. The fourth-order valence-electron chi connectivity index (χ4n) is 3.64. The molecule has 7 atom stereocenters. The van der Waals surface area contributed by atoms with Crippen molar-refractivity contribution in [1.29, 1.82) is 0 Å². The Morgan fingerprint density at radius 2 is 1.93 bits per heavy atom. The highest BCUT2D eigenvalue weighted by Crippen LogP contribution is 2.65. The maximum Gasteiger partial charge on any atom is 0.177 e. The zero-order chi connectivity index (χ0) is 11.0. The number of rotatable bonds is 1. The van der Waals surface area contributed by atoms with Crippen molar-refractivity contribution in [2.75, 3.05) is 6.61 Å². The summed E-state index contributed by atoms with van der Waals surface area (Å²) in [5.41, 5.74) is -0.712. The summed E-state index contributed by atoms with van der Waals surface area (Å²) in [4.78, 5) is 0. The molecule has 2 heterocycles. The summed E-state index contributed by atoms with van der Waals surface area (Å²) >= 11 is 0. The van der Waals surface area contributed by atoms with E-state index < -0.39 is 17.4 Å². The van der Waals surface area contributed by atoms with Gasteiger partial charge >= 0.3 is 0 Å². The second kappa shape index (κ2) is 2.59. The first-order valence-electron chi connectivity index (χ1n) is 5.42. The zero-order valence-electron chi connectivity index (χ0n) is 8.88. The van der Waals surface area contributed by atoms with Gasteiger partial charge in [-0.3, -0.25) is 0 Å². The van der Waals surface area contributed by atoms with Crippen molar-refractivity contribution >= 4 is 7.85 Å². The van der Waals surface area contributed by atoms with Gasteiger partial charge in [-0.05, 0) is 5.92 Å². The average Bonchev–Trinajstić information content (AvgIpc) is 2.49. The molecular weight excluding hydrogens is 195 g/mol. The van der Waals surface area contributed by atoms with Gasteiger partial charge in [-0.2, -0.15) is 0 Å². The zero-order valence-corrected chi connectivity index (χ0v) is 8.88. The Kier molecular flexibility index (Phi) is 1.74. The summed E-state index contributed by atoms with van der Waals surface area (Å²) in [5, 5.41) is 19.9. The molecule has 82 valence electrons. The molecule has 2 N–H and O–H groups in total. The molecular formula is C10H15BO4. The highest BCUT2D eigenvalue weighted by Gasteiger charge is 2.79. The van der Waals surface area contributed by atoms with E-state index in [-0.39, 0.29) is 30.5 Å². The van der Waals surface area contributed by atoms with E-state index in [1.54, 1.807) is 0 Å². The van der Waals surface area contributed by atoms with Gasteiger partial charge in [-0.15, -0.1) is 0 Å². The van der Waals surface area contributed by atoms with Crippen LogP contribution in [0.25, 0.3) is 0 Å². The first-order chi connectivity index (χ1) is 6.97. The highest BCUT2D eigenvalue weighted by atomic mass is 16.7. The van der Waals surface area contributed by atoms with Crippen LogP contribution < -0.4 is 0 Å². The maximum atomic E-state index is 10.3. The van der Waals surface area contributed by atoms with Gasteiger partial charge in [0.15, 0.2) is 5.79 Å². The van der Waals surface area contributed by atoms with Crippen LogP contribution in [0.2, 0.25) is 0 Å². The average molecular weight is 210 g/mol. The Balaban J connectivity index is 2.07. The molecule has 0 aromatic heterocycles. The van der Waals surface area contributed by atoms with Crippen LogP contribution in [0.3, 0.4) is 0 Å². The lowest BCUT2D eigenvalue weighted by atomic mass is 9.76. The van der Waals surface area contributed by atoms with Gasteiger partial charge in [-0.1, -0.05) is 13.8 Å².